The van der Waals surface area contributed by atoms with Crippen molar-refractivity contribution in [1.29, 1.82) is 5.41 Å². The highest BCUT2D eigenvalue weighted by Gasteiger charge is 2.27. The Morgan fingerprint density at radius 2 is 2.00 bits per heavy atom. The number of halogens is 1. The molecule has 2 N–H and O–H groups in total. The number of benzene rings is 1. The molecule has 1 aromatic carbocycles. The van der Waals surface area contributed by atoms with E-state index in [1.807, 2.05) is 13.8 Å². The van der Waals surface area contributed by atoms with E-state index in [0.717, 1.165) is 25.7 Å². The Morgan fingerprint density at radius 1 is 1.26 bits per heavy atom. The molecule has 0 saturated carbocycles. The second kappa shape index (κ2) is 13.4. The van der Waals surface area contributed by atoms with Gasteiger partial charge in [0.15, 0.2) is 0 Å². The molecule has 1 heterocycles. The minimum Gasteiger partial charge on any atom is -0.354 e. The molecular formula is C24H32ClN3O2S. The van der Waals surface area contributed by atoms with Crippen LogP contribution in [0.25, 0.3) is 0 Å². The minimum absolute atomic E-state index is 0.0189. The maximum absolute atomic E-state index is 12.6. The second-order valence-corrected chi connectivity index (χ2v) is 8.74. The number of amides is 2. The van der Waals surface area contributed by atoms with Crippen molar-refractivity contribution in [3.05, 3.63) is 57.3 Å². The number of allylic oxidation sites excluding steroid dienone is 2. The number of nitrogens with one attached hydrogen (secondary N) is 2. The molecule has 0 radical (unpaired) electrons. The van der Waals surface area contributed by atoms with Crippen LogP contribution in [-0.4, -0.2) is 41.6 Å². The molecule has 0 fully saturated rings. The second-order valence-electron chi connectivity index (χ2n) is 7.52. The zero-order valence-corrected chi connectivity index (χ0v) is 19.9. The van der Waals surface area contributed by atoms with Gasteiger partial charge in [-0.3, -0.25) is 9.59 Å². The highest BCUT2D eigenvalue weighted by Crippen LogP contribution is 2.23. The van der Waals surface area contributed by atoms with Crippen LogP contribution >= 0.6 is 23.4 Å². The summed E-state index contributed by atoms with van der Waals surface area (Å²) in [6.07, 6.45) is 6.37. The molecule has 0 spiro atoms. The molecule has 0 saturated heterocycles. The predicted octanol–water partition coefficient (Wildman–Crippen LogP) is 5.55. The van der Waals surface area contributed by atoms with Gasteiger partial charge < -0.3 is 15.6 Å². The van der Waals surface area contributed by atoms with Gasteiger partial charge in [-0.05, 0) is 54.2 Å². The van der Waals surface area contributed by atoms with Crippen LogP contribution in [0.5, 0.6) is 0 Å². The van der Waals surface area contributed by atoms with Crippen LogP contribution in [0.3, 0.4) is 0 Å². The third-order valence-corrected chi connectivity index (χ3v) is 6.21. The molecule has 0 aromatic heterocycles. The van der Waals surface area contributed by atoms with Gasteiger partial charge >= 0.3 is 0 Å². The van der Waals surface area contributed by atoms with Gasteiger partial charge in [0.05, 0.1) is 11.8 Å². The van der Waals surface area contributed by atoms with E-state index in [4.69, 9.17) is 17.0 Å². The first-order chi connectivity index (χ1) is 15.0. The maximum Gasteiger partial charge on any atom is 0.222 e. The molecule has 1 aromatic rings. The van der Waals surface area contributed by atoms with E-state index in [9.17, 15) is 9.59 Å². The fraction of sp³-hybridized carbons (Fsp3) is 0.458. The van der Waals surface area contributed by atoms with Crippen molar-refractivity contribution in [2.24, 2.45) is 0 Å². The molecule has 7 heteroatoms. The van der Waals surface area contributed by atoms with Crippen LogP contribution in [-0.2, 0) is 9.59 Å². The van der Waals surface area contributed by atoms with Crippen molar-refractivity contribution in [1.82, 2.24) is 10.2 Å². The molecule has 1 unspecified atom stereocenters. The van der Waals surface area contributed by atoms with E-state index in [0.29, 0.717) is 35.7 Å². The largest absolute Gasteiger partial charge is 0.354 e. The lowest BCUT2D eigenvalue weighted by Gasteiger charge is -2.32. The van der Waals surface area contributed by atoms with Gasteiger partial charge in [-0.25, -0.2) is 0 Å². The van der Waals surface area contributed by atoms with Crippen molar-refractivity contribution in [2.45, 2.75) is 58.4 Å². The summed E-state index contributed by atoms with van der Waals surface area (Å²) in [4.78, 5) is 26.8. The highest BCUT2D eigenvalue weighted by molar-refractivity contribution is 8.04. The third-order valence-electron chi connectivity index (χ3n) is 5.14. The van der Waals surface area contributed by atoms with Crippen LogP contribution in [0.4, 0.5) is 0 Å². The van der Waals surface area contributed by atoms with Crippen LogP contribution < -0.4 is 5.32 Å². The standard InChI is InChI=1S/C24H32ClN3O2S/c1-3-14-28(23(30)4-2)21(24(26)19-10-12-20(25)13-11-19)16-27-22(29)9-5-7-18-8-6-15-31-17-18/h6,10-13,15,17,21,26H,3-5,7-9,14,16H2,1-2H3,(H,27,29). The van der Waals surface area contributed by atoms with E-state index in [1.165, 1.54) is 5.57 Å². The SMILES string of the molecule is CCCN(C(=O)CC)C(CNC(=O)CCCC1=CSC=CC1)C(=N)c1ccc(Cl)cc1. The molecule has 1 aliphatic heterocycles. The topological polar surface area (TPSA) is 73.3 Å². The van der Waals surface area contributed by atoms with Crippen molar-refractivity contribution >= 4 is 40.9 Å². The first-order valence-corrected chi connectivity index (χ1v) is 12.2. The summed E-state index contributed by atoms with van der Waals surface area (Å²) in [5.74, 6) is -0.0662. The van der Waals surface area contributed by atoms with Crippen molar-refractivity contribution < 1.29 is 9.59 Å². The lowest BCUT2D eigenvalue weighted by Crippen LogP contribution is -2.51. The van der Waals surface area contributed by atoms with Crippen molar-refractivity contribution in [3.63, 3.8) is 0 Å². The quantitative estimate of drug-likeness (QED) is 0.401. The average Bonchev–Trinajstić information content (AvgIpc) is 2.79. The van der Waals surface area contributed by atoms with Gasteiger partial charge in [0.25, 0.3) is 0 Å². The van der Waals surface area contributed by atoms with Gasteiger partial charge in [0, 0.05) is 31.0 Å². The summed E-state index contributed by atoms with van der Waals surface area (Å²) in [5.41, 5.74) is 2.36. The van der Waals surface area contributed by atoms with Crippen LogP contribution in [0.2, 0.25) is 5.02 Å². The van der Waals surface area contributed by atoms with E-state index in [1.54, 1.807) is 40.9 Å². The van der Waals surface area contributed by atoms with Gasteiger partial charge in [-0.15, -0.1) is 11.8 Å². The lowest BCUT2D eigenvalue weighted by molar-refractivity contribution is -0.132. The molecule has 1 atom stereocenters. The van der Waals surface area contributed by atoms with Gasteiger partial charge in [-0.2, -0.15) is 0 Å². The van der Waals surface area contributed by atoms with Crippen LogP contribution in [0.15, 0.2) is 46.7 Å². The molecule has 2 amide bonds. The summed E-state index contributed by atoms with van der Waals surface area (Å²) < 4.78 is 0. The summed E-state index contributed by atoms with van der Waals surface area (Å²) in [6.45, 7) is 4.60. The van der Waals surface area contributed by atoms with Gasteiger partial charge in [-0.1, -0.05) is 49.2 Å². The minimum atomic E-state index is -0.514. The summed E-state index contributed by atoms with van der Waals surface area (Å²) in [6, 6.07) is 6.52. The highest BCUT2D eigenvalue weighted by atomic mass is 35.5. The normalized spacial score (nSPS) is 14.0. The molecule has 2 rings (SSSR count). The Balaban J connectivity index is 2.02. The third kappa shape index (κ3) is 8.19. The number of thioether (sulfide) groups is 1. The van der Waals surface area contributed by atoms with Gasteiger partial charge in [0.2, 0.25) is 11.8 Å². The number of carbonyl (C=O) groups is 2. The van der Waals surface area contributed by atoms with Crippen molar-refractivity contribution in [3.8, 4) is 0 Å². The smallest absolute Gasteiger partial charge is 0.222 e. The first kappa shape index (κ1) is 25.2. The van der Waals surface area contributed by atoms with Crippen LogP contribution in [0, 0.1) is 5.41 Å². The lowest BCUT2D eigenvalue weighted by atomic mass is 10.0. The Morgan fingerprint density at radius 3 is 2.61 bits per heavy atom. The predicted molar refractivity (Wildman–Crippen MR) is 131 cm³/mol. The first-order valence-electron chi connectivity index (χ1n) is 10.8. The molecular weight excluding hydrogens is 430 g/mol. The molecule has 1 aliphatic rings. The number of nitrogens with zero attached hydrogens (tertiary/aromatic N) is 1. The number of hydrogen-bond acceptors (Lipinski definition) is 4. The van der Waals surface area contributed by atoms with E-state index in [2.05, 4.69) is 22.2 Å². The summed E-state index contributed by atoms with van der Waals surface area (Å²) in [5, 5.41) is 16.5. The number of rotatable bonds is 12. The van der Waals surface area contributed by atoms with E-state index in [-0.39, 0.29) is 18.4 Å². The Bertz CT molecular complexity index is 821. The molecule has 5 nitrogen and oxygen atoms in total. The average molecular weight is 462 g/mol. The Labute approximate surface area is 194 Å². The number of carbonyl (C=O) groups excluding carboxylic acids is 2. The fourth-order valence-corrected chi connectivity index (χ4v) is 4.28. The molecule has 31 heavy (non-hydrogen) atoms. The number of hydrogen-bond donors (Lipinski definition) is 2. The monoisotopic (exact) mass is 461 g/mol. The Kier molecular flexibility index (Phi) is 10.9. The zero-order chi connectivity index (χ0) is 22.6. The molecule has 168 valence electrons. The summed E-state index contributed by atoms with van der Waals surface area (Å²) >= 11 is 7.67. The van der Waals surface area contributed by atoms with E-state index < -0.39 is 6.04 Å². The van der Waals surface area contributed by atoms with Gasteiger partial charge in [0.1, 0.15) is 0 Å². The maximum atomic E-state index is 12.6. The van der Waals surface area contributed by atoms with Crippen molar-refractivity contribution in [2.75, 3.05) is 13.1 Å². The van der Waals surface area contributed by atoms with E-state index >= 15 is 0 Å². The molecule has 0 bridgehead atoms. The molecule has 0 aliphatic carbocycles. The summed E-state index contributed by atoms with van der Waals surface area (Å²) in [7, 11) is 0. The van der Waals surface area contributed by atoms with Crippen LogP contribution in [0.1, 0.15) is 57.9 Å². The Hall–Kier alpha value is -2.05. The fourth-order valence-electron chi connectivity index (χ4n) is 3.46. The zero-order valence-electron chi connectivity index (χ0n) is 18.3.